The summed E-state index contributed by atoms with van der Waals surface area (Å²) in [6, 6.07) is 13.6. The number of aryl methyl sites for hydroxylation is 2. The van der Waals surface area contributed by atoms with Crippen molar-refractivity contribution in [2.75, 3.05) is 11.9 Å². The molecular formula is C16H18ClNO. The van der Waals surface area contributed by atoms with Crippen LogP contribution >= 0.6 is 11.6 Å². The molecule has 2 N–H and O–H groups in total. The van der Waals surface area contributed by atoms with Gasteiger partial charge in [-0.25, -0.2) is 0 Å². The van der Waals surface area contributed by atoms with Gasteiger partial charge in [-0.15, -0.1) is 0 Å². The Labute approximate surface area is 119 Å². The van der Waals surface area contributed by atoms with Crippen LogP contribution in [0.1, 0.15) is 22.8 Å². The topological polar surface area (TPSA) is 32.3 Å². The summed E-state index contributed by atoms with van der Waals surface area (Å²) in [5.74, 6) is 0. The molecule has 0 bridgehead atoms. The van der Waals surface area contributed by atoms with Gasteiger partial charge in [-0.1, -0.05) is 47.5 Å². The molecule has 0 amide bonds. The Balaban J connectivity index is 2.04. The Morgan fingerprint density at radius 2 is 1.89 bits per heavy atom. The van der Waals surface area contributed by atoms with Gasteiger partial charge in [0, 0.05) is 22.8 Å². The summed E-state index contributed by atoms with van der Waals surface area (Å²) < 4.78 is 0. The minimum Gasteiger partial charge on any atom is -0.387 e. The van der Waals surface area contributed by atoms with E-state index in [0.29, 0.717) is 11.6 Å². The van der Waals surface area contributed by atoms with Crippen LogP contribution in [-0.2, 0) is 0 Å². The molecule has 0 aliphatic heterocycles. The number of anilines is 1. The molecule has 0 spiro atoms. The maximum Gasteiger partial charge on any atom is 0.0976 e. The van der Waals surface area contributed by atoms with Gasteiger partial charge in [-0.2, -0.15) is 0 Å². The molecule has 0 saturated heterocycles. The smallest absolute Gasteiger partial charge is 0.0976 e. The third-order valence-electron chi connectivity index (χ3n) is 3.13. The Bertz CT molecular complexity index is 568. The van der Waals surface area contributed by atoms with Crippen molar-refractivity contribution in [3.05, 3.63) is 64.2 Å². The van der Waals surface area contributed by atoms with Gasteiger partial charge in [0.2, 0.25) is 0 Å². The van der Waals surface area contributed by atoms with Crippen LogP contribution < -0.4 is 5.32 Å². The Hall–Kier alpha value is -1.51. The first-order valence-electron chi connectivity index (χ1n) is 6.31. The van der Waals surface area contributed by atoms with E-state index in [1.807, 2.05) is 24.3 Å². The van der Waals surface area contributed by atoms with Crippen LogP contribution in [0.4, 0.5) is 5.69 Å². The maximum atomic E-state index is 10.2. The van der Waals surface area contributed by atoms with Gasteiger partial charge in [-0.3, -0.25) is 0 Å². The fourth-order valence-corrected chi connectivity index (χ4v) is 2.34. The molecule has 1 unspecified atom stereocenters. The zero-order valence-electron chi connectivity index (χ0n) is 11.2. The van der Waals surface area contributed by atoms with E-state index in [9.17, 15) is 5.11 Å². The van der Waals surface area contributed by atoms with Gasteiger partial charge < -0.3 is 10.4 Å². The van der Waals surface area contributed by atoms with Crippen molar-refractivity contribution in [3.63, 3.8) is 0 Å². The molecule has 0 aliphatic rings. The highest BCUT2D eigenvalue weighted by molar-refractivity contribution is 6.31. The van der Waals surface area contributed by atoms with Gasteiger partial charge >= 0.3 is 0 Å². The predicted molar refractivity (Wildman–Crippen MR) is 80.8 cm³/mol. The molecule has 0 heterocycles. The highest BCUT2D eigenvalue weighted by Crippen LogP contribution is 2.23. The second-order valence-corrected chi connectivity index (χ2v) is 5.14. The number of aliphatic hydroxyl groups excluding tert-OH is 1. The van der Waals surface area contributed by atoms with Crippen molar-refractivity contribution in [1.29, 1.82) is 0 Å². The number of rotatable bonds is 4. The predicted octanol–water partition coefficient (Wildman–Crippen LogP) is 4.10. The average molecular weight is 276 g/mol. The summed E-state index contributed by atoms with van der Waals surface area (Å²) in [6.45, 7) is 4.56. The van der Waals surface area contributed by atoms with E-state index in [4.69, 9.17) is 11.6 Å². The molecule has 3 heteroatoms. The molecule has 1 atom stereocenters. The molecule has 2 nitrogen and oxygen atoms in total. The summed E-state index contributed by atoms with van der Waals surface area (Å²) in [6.07, 6.45) is -0.616. The number of hydrogen-bond acceptors (Lipinski definition) is 2. The zero-order valence-corrected chi connectivity index (χ0v) is 11.9. The Morgan fingerprint density at radius 1 is 1.16 bits per heavy atom. The number of halogens is 1. The van der Waals surface area contributed by atoms with Crippen LogP contribution in [-0.4, -0.2) is 11.7 Å². The van der Waals surface area contributed by atoms with Gasteiger partial charge in [0.1, 0.15) is 0 Å². The first-order valence-corrected chi connectivity index (χ1v) is 6.69. The summed E-state index contributed by atoms with van der Waals surface area (Å²) >= 11 is 6.07. The van der Waals surface area contributed by atoms with Gasteiger partial charge in [0.25, 0.3) is 0 Å². The van der Waals surface area contributed by atoms with Crippen LogP contribution in [0.2, 0.25) is 5.02 Å². The minimum atomic E-state index is -0.616. The third kappa shape index (κ3) is 3.49. The fraction of sp³-hybridized carbons (Fsp3) is 0.250. The van der Waals surface area contributed by atoms with Crippen molar-refractivity contribution >= 4 is 17.3 Å². The highest BCUT2D eigenvalue weighted by Gasteiger charge is 2.11. The van der Waals surface area contributed by atoms with Crippen molar-refractivity contribution in [3.8, 4) is 0 Å². The number of aliphatic hydroxyl groups is 1. The van der Waals surface area contributed by atoms with Crippen molar-refractivity contribution in [2.45, 2.75) is 20.0 Å². The molecule has 0 radical (unpaired) electrons. The van der Waals surface area contributed by atoms with Crippen LogP contribution in [0.3, 0.4) is 0 Å². The Morgan fingerprint density at radius 3 is 2.58 bits per heavy atom. The van der Waals surface area contributed by atoms with E-state index in [1.165, 1.54) is 11.1 Å². The van der Waals surface area contributed by atoms with E-state index in [1.54, 1.807) is 6.07 Å². The van der Waals surface area contributed by atoms with Gasteiger partial charge in [0.05, 0.1) is 6.10 Å². The van der Waals surface area contributed by atoms with Crippen molar-refractivity contribution in [1.82, 2.24) is 0 Å². The lowest BCUT2D eigenvalue weighted by atomic mass is 10.1. The second-order valence-electron chi connectivity index (χ2n) is 4.74. The molecule has 0 fully saturated rings. The Kier molecular flexibility index (Phi) is 4.46. The van der Waals surface area contributed by atoms with E-state index in [-0.39, 0.29) is 0 Å². The summed E-state index contributed by atoms with van der Waals surface area (Å²) in [5.41, 5.74) is 4.19. The third-order valence-corrected chi connectivity index (χ3v) is 3.48. The number of nitrogens with one attached hydrogen (secondary N) is 1. The maximum absolute atomic E-state index is 10.2. The van der Waals surface area contributed by atoms with Crippen LogP contribution in [0, 0.1) is 13.8 Å². The molecule has 2 aromatic carbocycles. The lowest BCUT2D eigenvalue weighted by molar-refractivity contribution is 0.191. The standard InChI is InChI=1S/C16H18ClNO/c1-11-7-8-15(12(2)9-11)18-10-16(19)13-5-3-4-6-14(13)17/h3-9,16,18-19H,10H2,1-2H3. The molecule has 2 aromatic rings. The molecule has 2 rings (SSSR count). The lowest BCUT2D eigenvalue weighted by Gasteiger charge is -2.16. The average Bonchev–Trinajstić information content (AvgIpc) is 2.38. The van der Waals surface area contributed by atoms with Gasteiger partial charge in [-0.05, 0) is 31.5 Å². The summed E-state index contributed by atoms with van der Waals surface area (Å²) in [5, 5.41) is 14.0. The molecule has 0 aromatic heterocycles. The summed E-state index contributed by atoms with van der Waals surface area (Å²) in [7, 11) is 0. The van der Waals surface area contributed by atoms with Crippen molar-refractivity contribution < 1.29 is 5.11 Å². The molecule has 0 saturated carbocycles. The SMILES string of the molecule is Cc1ccc(NCC(O)c2ccccc2Cl)c(C)c1. The molecular weight excluding hydrogens is 258 g/mol. The number of benzene rings is 2. The van der Waals surface area contributed by atoms with E-state index >= 15 is 0 Å². The van der Waals surface area contributed by atoms with E-state index in [0.717, 1.165) is 11.3 Å². The highest BCUT2D eigenvalue weighted by atomic mass is 35.5. The molecule has 19 heavy (non-hydrogen) atoms. The van der Waals surface area contributed by atoms with Crippen molar-refractivity contribution in [2.24, 2.45) is 0 Å². The van der Waals surface area contributed by atoms with E-state index < -0.39 is 6.10 Å². The fourth-order valence-electron chi connectivity index (χ4n) is 2.07. The summed E-state index contributed by atoms with van der Waals surface area (Å²) in [4.78, 5) is 0. The first kappa shape index (κ1) is 13.9. The quantitative estimate of drug-likeness (QED) is 0.880. The van der Waals surface area contributed by atoms with Gasteiger partial charge in [0.15, 0.2) is 0 Å². The minimum absolute atomic E-state index is 0.438. The monoisotopic (exact) mass is 275 g/mol. The van der Waals surface area contributed by atoms with E-state index in [2.05, 4.69) is 31.3 Å². The molecule has 100 valence electrons. The molecule has 0 aliphatic carbocycles. The largest absolute Gasteiger partial charge is 0.387 e. The first-order chi connectivity index (χ1) is 9.08. The van der Waals surface area contributed by atoms with Crippen LogP contribution in [0.25, 0.3) is 0 Å². The normalized spacial score (nSPS) is 12.2. The second kappa shape index (κ2) is 6.09. The van der Waals surface area contributed by atoms with Crippen LogP contribution in [0.5, 0.6) is 0 Å². The lowest BCUT2D eigenvalue weighted by Crippen LogP contribution is -2.13. The zero-order chi connectivity index (χ0) is 13.8. The number of hydrogen-bond donors (Lipinski definition) is 2. The van der Waals surface area contributed by atoms with Crippen LogP contribution in [0.15, 0.2) is 42.5 Å².